The van der Waals surface area contributed by atoms with Crippen molar-refractivity contribution in [3.8, 4) is 17.3 Å². The van der Waals surface area contributed by atoms with Gasteiger partial charge in [0.15, 0.2) is 0 Å². The summed E-state index contributed by atoms with van der Waals surface area (Å²) in [5.41, 5.74) is 0.483. The fourth-order valence-electron chi connectivity index (χ4n) is 2.96. The quantitative estimate of drug-likeness (QED) is 0.650. The molecule has 4 rings (SSSR count). The first-order valence-corrected chi connectivity index (χ1v) is 9.76. The third-order valence-electron chi connectivity index (χ3n) is 4.42. The van der Waals surface area contributed by atoms with Crippen molar-refractivity contribution in [1.29, 1.82) is 0 Å². The van der Waals surface area contributed by atoms with E-state index in [4.69, 9.17) is 9.15 Å². The Bertz CT molecular complexity index is 1020. The summed E-state index contributed by atoms with van der Waals surface area (Å²) in [4.78, 5) is 8.32. The number of benzene rings is 1. The lowest BCUT2D eigenvalue weighted by Gasteiger charge is -2.16. The van der Waals surface area contributed by atoms with Crippen LogP contribution in [0, 0.1) is 0 Å². The van der Waals surface area contributed by atoms with Crippen LogP contribution in [0.25, 0.3) is 11.6 Å². The van der Waals surface area contributed by atoms with Gasteiger partial charge in [0.05, 0.1) is 24.1 Å². The third-order valence-corrected chi connectivity index (χ3v) is 6.30. The van der Waals surface area contributed by atoms with Gasteiger partial charge in [-0.3, -0.25) is 4.98 Å². The topological polar surface area (TPSA) is 111 Å². The van der Waals surface area contributed by atoms with Crippen molar-refractivity contribution in [1.82, 2.24) is 24.5 Å². The highest BCUT2D eigenvalue weighted by Gasteiger charge is 2.35. The zero-order valence-electron chi connectivity index (χ0n) is 14.5. The second-order valence-corrected chi connectivity index (χ2v) is 8.00. The minimum absolute atomic E-state index is 0.157. The number of hydrogen-bond donors (Lipinski definition) is 0. The largest absolute Gasteiger partial charge is 0.497 e. The predicted octanol–water partition coefficient (Wildman–Crippen LogP) is 1.71. The molecule has 3 heterocycles. The van der Waals surface area contributed by atoms with Gasteiger partial charge in [0.25, 0.3) is 5.89 Å². The summed E-state index contributed by atoms with van der Waals surface area (Å²) in [6.45, 7) is 0.679. The average Bonchev–Trinajstić information content (AvgIpc) is 3.38. The average molecular weight is 387 g/mol. The Morgan fingerprint density at radius 3 is 2.70 bits per heavy atom. The van der Waals surface area contributed by atoms with Crippen LogP contribution in [0.4, 0.5) is 0 Å². The van der Waals surface area contributed by atoms with E-state index >= 15 is 0 Å². The first-order chi connectivity index (χ1) is 13.1. The highest BCUT2D eigenvalue weighted by Crippen LogP contribution is 2.31. The highest BCUT2D eigenvalue weighted by atomic mass is 32.2. The molecular weight excluding hydrogens is 370 g/mol. The van der Waals surface area contributed by atoms with Crippen molar-refractivity contribution in [3.63, 3.8) is 0 Å². The number of rotatable bonds is 5. The van der Waals surface area contributed by atoms with Gasteiger partial charge in [0.2, 0.25) is 15.9 Å². The first kappa shape index (κ1) is 17.6. The molecule has 9 nitrogen and oxygen atoms in total. The van der Waals surface area contributed by atoms with E-state index in [1.54, 1.807) is 30.5 Å². The maximum atomic E-state index is 12.8. The molecule has 0 amide bonds. The molecule has 2 aromatic heterocycles. The summed E-state index contributed by atoms with van der Waals surface area (Å²) in [5.74, 6) is 1.13. The van der Waals surface area contributed by atoms with Crippen molar-refractivity contribution >= 4 is 10.0 Å². The van der Waals surface area contributed by atoms with Crippen LogP contribution in [-0.2, 0) is 10.0 Å². The molecule has 0 saturated carbocycles. The van der Waals surface area contributed by atoms with E-state index in [1.165, 1.54) is 23.8 Å². The summed E-state index contributed by atoms with van der Waals surface area (Å²) in [7, 11) is -2.05. The SMILES string of the molecule is COc1ccc(S(=O)(=O)N2CC[C@@H](c3nnc(-c4cnccn4)o3)C2)cc1. The number of ether oxygens (including phenoxy) is 1. The van der Waals surface area contributed by atoms with Crippen LogP contribution in [0.15, 0.2) is 52.2 Å². The summed E-state index contributed by atoms with van der Waals surface area (Å²) < 4.78 is 37.9. The van der Waals surface area contributed by atoms with Gasteiger partial charge in [-0.2, -0.15) is 4.31 Å². The Hall–Kier alpha value is -2.85. The maximum Gasteiger partial charge on any atom is 0.267 e. The van der Waals surface area contributed by atoms with E-state index in [9.17, 15) is 8.42 Å². The molecule has 0 unspecified atom stereocenters. The van der Waals surface area contributed by atoms with Crippen LogP contribution < -0.4 is 4.74 Å². The molecule has 1 aliphatic rings. The van der Waals surface area contributed by atoms with E-state index in [0.29, 0.717) is 30.3 Å². The number of sulfonamides is 1. The Labute approximate surface area is 156 Å². The van der Waals surface area contributed by atoms with Gasteiger partial charge in [0.1, 0.15) is 11.4 Å². The van der Waals surface area contributed by atoms with Crippen molar-refractivity contribution in [2.45, 2.75) is 17.2 Å². The summed E-state index contributed by atoms with van der Waals surface area (Å²) in [6, 6.07) is 6.35. The van der Waals surface area contributed by atoms with Crippen LogP contribution in [0.2, 0.25) is 0 Å². The maximum absolute atomic E-state index is 12.8. The molecule has 1 fully saturated rings. The van der Waals surface area contributed by atoms with Gasteiger partial charge >= 0.3 is 0 Å². The van der Waals surface area contributed by atoms with Crippen LogP contribution in [0.1, 0.15) is 18.2 Å². The lowest BCUT2D eigenvalue weighted by atomic mass is 10.1. The third kappa shape index (κ3) is 3.40. The second-order valence-electron chi connectivity index (χ2n) is 6.06. The van der Waals surface area contributed by atoms with Crippen LogP contribution in [0.3, 0.4) is 0 Å². The molecule has 0 spiro atoms. The molecule has 0 radical (unpaired) electrons. The van der Waals surface area contributed by atoms with Crippen LogP contribution in [-0.4, -0.2) is 53.1 Å². The number of hydrogen-bond acceptors (Lipinski definition) is 8. The van der Waals surface area contributed by atoms with E-state index in [2.05, 4.69) is 20.2 Å². The van der Waals surface area contributed by atoms with E-state index in [1.807, 2.05) is 0 Å². The Morgan fingerprint density at radius 2 is 2.00 bits per heavy atom. The Morgan fingerprint density at radius 1 is 1.19 bits per heavy atom. The molecular formula is C17H17N5O4S. The number of nitrogens with zero attached hydrogens (tertiary/aromatic N) is 5. The fourth-order valence-corrected chi connectivity index (χ4v) is 4.46. The van der Waals surface area contributed by atoms with Crippen molar-refractivity contribution in [2.75, 3.05) is 20.2 Å². The minimum Gasteiger partial charge on any atom is -0.497 e. The molecule has 0 N–H and O–H groups in total. The predicted molar refractivity (Wildman–Crippen MR) is 94.4 cm³/mol. The molecule has 0 aliphatic carbocycles. The monoisotopic (exact) mass is 387 g/mol. The smallest absolute Gasteiger partial charge is 0.267 e. The van der Waals surface area contributed by atoms with Crippen LogP contribution in [0.5, 0.6) is 5.75 Å². The Kier molecular flexibility index (Phi) is 4.58. The molecule has 1 aliphatic heterocycles. The molecule has 1 aromatic carbocycles. The van der Waals surface area contributed by atoms with Gasteiger partial charge < -0.3 is 9.15 Å². The van der Waals surface area contributed by atoms with Crippen molar-refractivity contribution in [3.05, 3.63) is 48.7 Å². The highest BCUT2D eigenvalue weighted by molar-refractivity contribution is 7.89. The zero-order valence-corrected chi connectivity index (χ0v) is 15.3. The normalized spacial score (nSPS) is 17.9. The summed E-state index contributed by atoms with van der Waals surface area (Å²) in [5, 5.41) is 8.06. The first-order valence-electron chi connectivity index (χ1n) is 8.32. The van der Waals surface area contributed by atoms with E-state index in [-0.39, 0.29) is 23.2 Å². The van der Waals surface area contributed by atoms with Gasteiger partial charge in [-0.15, -0.1) is 10.2 Å². The molecule has 0 bridgehead atoms. The lowest BCUT2D eigenvalue weighted by Crippen LogP contribution is -2.28. The minimum atomic E-state index is -3.58. The number of aromatic nitrogens is 4. The molecule has 1 saturated heterocycles. The second kappa shape index (κ2) is 7.05. The van der Waals surface area contributed by atoms with E-state index < -0.39 is 10.0 Å². The van der Waals surface area contributed by atoms with Gasteiger partial charge in [-0.1, -0.05) is 0 Å². The molecule has 10 heteroatoms. The molecule has 3 aromatic rings. The zero-order chi connectivity index (χ0) is 18.9. The van der Waals surface area contributed by atoms with Crippen molar-refractivity contribution in [2.24, 2.45) is 0 Å². The summed E-state index contributed by atoms with van der Waals surface area (Å²) >= 11 is 0. The van der Waals surface area contributed by atoms with Crippen molar-refractivity contribution < 1.29 is 17.6 Å². The van der Waals surface area contributed by atoms with Gasteiger partial charge in [-0.25, -0.2) is 13.4 Å². The number of methoxy groups -OCH3 is 1. The fraction of sp³-hybridized carbons (Fsp3) is 0.294. The van der Waals surface area contributed by atoms with Gasteiger partial charge in [0, 0.05) is 25.5 Å². The van der Waals surface area contributed by atoms with Crippen LogP contribution >= 0.6 is 0 Å². The van der Waals surface area contributed by atoms with E-state index in [0.717, 1.165) is 0 Å². The molecule has 27 heavy (non-hydrogen) atoms. The molecule has 140 valence electrons. The van der Waals surface area contributed by atoms with Gasteiger partial charge in [-0.05, 0) is 30.7 Å². The lowest BCUT2D eigenvalue weighted by molar-refractivity contribution is 0.414. The molecule has 1 atom stereocenters. The summed E-state index contributed by atoms with van der Waals surface area (Å²) in [6.07, 6.45) is 5.24. The standard InChI is InChI=1S/C17H17N5O4S/c1-25-13-2-4-14(5-3-13)27(23,24)22-9-6-12(11-22)16-20-21-17(26-16)15-10-18-7-8-19-15/h2-5,7-8,10,12H,6,9,11H2,1H3/t12-/m1/s1. The Balaban J connectivity index is 1.50.